The van der Waals surface area contributed by atoms with Gasteiger partial charge in [0.1, 0.15) is 11.9 Å². The Hall–Kier alpha value is -1.03. The molecule has 90 valence electrons. The summed E-state index contributed by atoms with van der Waals surface area (Å²) in [5, 5.41) is 2.68. The Labute approximate surface area is 110 Å². The van der Waals surface area contributed by atoms with Crippen LogP contribution in [0.3, 0.4) is 0 Å². The smallest absolute Gasteiger partial charge is 0.148 e. The molecule has 2 aromatic rings. The average molecular weight is 268 g/mol. The molecule has 2 nitrogen and oxygen atoms in total. The molecule has 0 saturated heterocycles. The van der Waals surface area contributed by atoms with Gasteiger partial charge in [0.15, 0.2) is 0 Å². The topological polar surface area (TPSA) is 35.2 Å². The summed E-state index contributed by atoms with van der Waals surface area (Å²) >= 11 is 7.57. The summed E-state index contributed by atoms with van der Waals surface area (Å²) in [5.74, 6) is 0.744. The van der Waals surface area contributed by atoms with Crippen LogP contribution in [0.1, 0.15) is 17.9 Å². The van der Waals surface area contributed by atoms with E-state index in [-0.39, 0.29) is 12.1 Å². The second-order valence-electron chi connectivity index (χ2n) is 3.87. The SMILES string of the molecule is CC(N)C(Oc1cccc(Cl)c1)c1cccs1. The molecule has 2 atom stereocenters. The van der Waals surface area contributed by atoms with E-state index in [0.29, 0.717) is 5.02 Å². The predicted molar refractivity (Wildman–Crippen MR) is 72.8 cm³/mol. The molecule has 1 aromatic carbocycles. The van der Waals surface area contributed by atoms with E-state index < -0.39 is 0 Å². The lowest BCUT2D eigenvalue weighted by Crippen LogP contribution is -2.28. The Kier molecular flexibility index (Phi) is 4.05. The van der Waals surface area contributed by atoms with Gasteiger partial charge in [-0.25, -0.2) is 0 Å². The van der Waals surface area contributed by atoms with Gasteiger partial charge in [-0.2, -0.15) is 0 Å². The molecular formula is C13H14ClNOS. The lowest BCUT2D eigenvalue weighted by Gasteiger charge is -2.21. The van der Waals surface area contributed by atoms with E-state index in [2.05, 4.69) is 0 Å². The maximum Gasteiger partial charge on any atom is 0.148 e. The first kappa shape index (κ1) is 12.4. The summed E-state index contributed by atoms with van der Waals surface area (Å²) in [4.78, 5) is 1.12. The Balaban J connectivity index is 2.19. The summed E-state index contributed by atoms with van der Waals surface area (Å²) < 4.78 is 5.90. The van der Waals surface area contributed by atoms with Gasteiger partial charge in [0.25, 0.3) is 0 Å². The molecule has 0 aliphatic carbocycles. The van der Waals surface area contributed by atoms with Crippen molar-refractivity contribution in [2.75, 3.05) is 0 Å². The molecule has 0 aliphatic heterocycles. The van der Waals surface area contributed by atoms with Crippen LogP contribution in [0.15, 0.2) is 41.8 Å². The van der Waals surface area contributed by atoms with E-state index in [9.17, 15) is 0 Å². The lowest BCUT2D eigenvalue weighted by atomic mass is 10.1. The van der Waals surface area contributed by atoms with Crippen molar-refractivity contribution in [3.63, 3.8) is 0 Å². The molecule has 2 N–H and O–H groups in total. The molecule has 2 unspecified atom stereocenters. The van der Waals surface area contributed by atoms with Gasteiger partial charge in [-0.3, -0.25) is 0 Å². The van der Waals surface area contributed by atoms with Crippen molar-refractivity contribution in [2.45, 2.75) is 19.1 Å². The summed E-state index contributed by atoms with van der Waals surface area (Å²) in [6.45, 7) is 1.94. The number of thiophene rings is 1. The normalized spacial score (nSPS) is 14.3. The van der Waals surface area contributed by atoms with Crippen LogP contribution in [-0.4, -0.2) is 6.04 Å². The maximum atomic E-state index is 5.96. The molecule has 4 heteroatoms. The molecule has 0 saturated carbocycles. The van der Waals surface area contributed by atoms with E-state index in [1.54, 1.807) is 17.4 Å². The Morgan fingerprint density at radius 3 is 2.71 bits per heavy atom. The van der Waals surface area contributed by atoms with Gasteiger partial charge < -0.3 is 10.5 Å². The van der Waals surface area contributed by atoms with Crippen LogP contribution in [-0.2, 0) is 0 Å². The summed E-state index contributed by atoms with van der Waals surface area (Å²) in [7, 11) is 0. The van der Waals surface area contributed by atoms with Gasteiger partial charge in [-0.15, -0.1) is 11.3 Å². The first-order valence-electron chi connectivity index (χ1n) is 5.38. The van der Waals surface area contributed by atoms with Crippen LogP contribution < -0.4 is 10.5 Å². The number of rotatable bonds is 4. The molecule has 0 radical (unpaired) electrons. The first-order valence-corrected chi connectivity index (χ1v) is 6.64. The first-order chi connectivity index (χ1) is 8.16. The fourth-order valence-corrected chi connectivity index (χ4v) is 2.61. The van der Waals surface area contributed by atoms with E-state index >= 15 is 0 Å². The highest BCUT2D eigenvalue weighted by atomic mass is 35.5. The molecule has 0 aliphatic rings. The second-order valence-corrected chi connectivity index (χ2v) is 5.29. The van der Waals surface area contributed by atoms with Crippen molar-refractivity contribution in [1.82, 2.24) is 0 Å². The van der Waals surface area contributed by atoms with Crippen molar-refractivity contribution in [3.05, 3.63) is 51.7 Å². The van der Waals surface area contributed by atoms with Crippen LogP contribution in [0.4, 0.5) is 0 Å². The molecule has 2 rings (SSSR count). The van der Waals surface area contributed by atoms with E-state index in [0.717, 1.165) is 10.6 Å². The fourth-order valence-electron chi connectivity index (χ4n) is 1.56. The van der Waals surface area contributed by atoms with Crippen molar-refractivity contribution < 1.29 is 4.74 Å². The molecule has 1 heterocycles. The molecule has 0 fully saturated rings. The van der Waals surface area contributed by atoms with Crippen molar-refractivity contribution >= 4 is 22.9 Å². The Morgan fingerprint density at radius 1 is 1.29 bits per heavy atom. The molecule has 0 bridgehead atoms. The highest BCUT2D eigenvalue weighted by molar-refractivity contribution is 7.10. The third-order valence-electron chi connectivity index (χ3n) is 2.36. The van der Waals surface area contributed by atoms with E-state index in [4.69, 9.17) is 22.1 Å². The zero-order chi connectivity index (χ0) is 12.3. The summed E-state index contributed by atoms with van der Waals surface area (Å²) in [6.07, 6.45) is -0.131. The molecule has 17 heavy (non-hydrogen) atoms. The highest BCUT2D eigenvalue weighted by Gasteiger charge is 2.19. The average Bonchev–Trinajstić information content (AvgIpc) is 2.78. The van der Waals surface area contributed by atoms with Crippen LogP contribution in [0, 0.1) is 0 Å². The van der Waals surface area contributed by atoms with Gasteiger partial charge in [-0.05, 0) is 36.6 Å². The van der Waals surface area contributed by atoms with Crippen LogP contribution in [0.5, 0.6) is 5.75 Å². The number of hydrogen-bond acceptors (Lipinski definition) is 3. The number of hydrogen-bond donors (Lipinski definition) is 1. The maximum absolute atomic E-state index is 5.96. The quantitative estimate of drug-likeness (QED) is 0.913. The van der Waals surface area contributed by atoms with Crippen molar-refractivity contribution in [2.24, 2.45) is 5.73 Å². The Morgan fingerprint density at radius 2 is 2.12 bits per heavy atom. The predicted octanol–water partition coefficient (Wildman–Crippen LogP) is 3.87. The monoisotopic (exact) mass is 267 g/mol. The second kappa shape index (κ2) is 5.54. The zero-order valence-electron chi connectivity index (χ0n) is 9.47. The summed E-state index contributed by atoms with van der Waals surface area (Å²) in [6, 6.07) is 11.3. The van der Waals surface area contributed by atoms with Crippen LogP contribution in [0.25, 0.3) is 0 Å². The molecule has 0 spiro atoms. The minimum atomic E-state index is -0.131. The van der Waals surface area contributed by atoms with Gasteiger partial charge in [0.05, 0.1) is 0 Å². The van der Waals surface area contributed by atoms with E-state index in [1.165, 1.54) is 0 Å². The minimum Gasteiger partial charge on any atom is -0.483 e. The number of benzene rings is 1. The standard InChI is InChI=1S/C13H14ClNOS/c1-9(15)13(12-6-3-7-17-12)16-11-5-2-4-10(14)8-11/h2-9,13H,15H2,1H3. The third kappa shape index (κ3) is 3.22. The molecule has 0 amide bonds. The van der Waals surface area contributed by atoms with Crippen LogP contribution >= 0.6 is 22.9 Å². The molecular weight excluding hydrogens is 254 g/mol. The van der Waals surface area contributed by atoms with Crippen molar-refractivity contribution in [3.8, 4) is 5.75 Å². The third-order valence-corrected chi connectivity index (χ3v) is 3.53. The number of ether oxygens (including phenoxy) is 1. The largest absolute Gasteiger partial charge is 0.483 e. The van der Waals surface area contributed by atoms with Gasteiger partial charge in [0.2, 0.25) is 0 Å². The van der Waals surface area contributed by atoms with Crippen LogP contribution in [0.2, 0.25) is 5.02 Å². The van der Waals surface area contributed by atoms with Gasteiger partial charge in [0, 0.05) is 15.9 Å². The van der Waals surface area contributed by atoms with Gasteiger partial charge >= 0.3 is 0 Å². The van der Waals surface area contributed by atoms with E-state index in [1.807, 2.05) is 42.6 Å². The summed E-state index contributed by atoms with van der Waals surface area (Å²) in [5.41, 5.74) is 5.96. The number of halogens is 1. The highest BCUT2D eigenvalue weighted by Crippen LogP contribution is 2.28. The zero-order valence-corrected chi connectivity index (χ0v) is 11.0. The molecule has 1 aromatic heterocycles. The van der Waals surface area contributed by atoms with Crippen molar-refractivity contribution in [1.29, 1.82) is 0 Å². The Bertz CT molecular complexity index is 470. The minimum absolute atomic E-state index is 0.0763. The van der Waals surface area contributed by atoms with Gasteiger partial charge in [-0.1, -0.05) is 23.7 Å². The fraction of sp³-hybridized carbons (Fsp3) is 0.231. The lowest BCUT2D eigenvalue weighted by molar-refractivity contribution is 0.184. The number of nitrogens with two attached hydrogens (primary N) is 1.